The van der Waals surface area contributed by atoms with Crippen LogP contribution in [0.25, 0.3) is 0 Å². The second kappa shape index (κ2) is 8.30. The van der Waals surface area contributed by atoms with Crippen molar-refractivity contribution >= 4 is 24.2 Å². The van der Waals surface area contributed by atoms with Crippen molar-refractivity contribution in [1.29, 1.82) is 0 Å². The van der Waals surface area contributed by atoms with Gasteiger partial charge in [-0.25, -0.2) is 0 Å². The number of fused-ring (bicyclic) bond motifs is 1. The minimum atomic E-state index is 0. The van der Waals surface area contributed by atoms with Crippen LogP contribution in [0, 0.1) is 18.8 Å². The molecule has 0 aliphatic carbocycles. The van der Waals surface area contributed by atoms with E-state index >= 15 is 0 Å². The number of likely N-dealkylation sites (tertiary alicyclic amines) is 2. The molecule has 2 aliphatic heterocycles. The van der Waals surface area contributed by atoms with Gasteiger partial charge < -0.3 is 4.52 Å². The van der Waals surface area contributed by atoms with Crippen molar-refractivity contribution in [2.75, 3.05) is 32.9 Å². The minimum absolute atomic E-state index is 0. The SMILES string of the molecule is CSCc1noc(CN2C[C@@H]3CN(C)[C@H](c4ccccc4C)[C@@H]3C2)n1.Cl. The average Bonchev–Trinajstić information content (AvgIpc) is 3.24. The molecule has 2 saturated heterocycles. The third-order valence-electron chi connectivity index (χ3n) is 5.62. The zero-order chi connectivity index (χ0) is 17.4. The van der Waals surface area contributed by atoms with E-state index in [-0.39, 0.29) is 12.4 Å². The van der Waals surface area contributed by atoms with Crippen LogP contribution >= 0.6 is 24.2 Å². The largest absolute Gasteiger partial charge is 0.338 e. The lowest BCUT2D eigenvalue weighted by Gasteiger charge is -2.27. The second-order valence-electron chi connectivity index (χ2n) is 7.40. The molecule has 2 fully saturated rings. The highest BCUT2D eigenvalue weighted by molar-refractivity contribution is 7.97. The van der Waals surface area contributed by atoms with Crippen LogP contribution in [0.2, 0.25) is 0 Å². The molecule has 3 atom stereocenters. The molecule has 0 N–H and O–H groups in total. The molecule has 2 aliphatic rings. The normalized spacial score (nSPS) is 26.0. The maximum absolute atomic E-state index is 5.43. The van der Waals surface area contributed by atoms with Gasteiger partial charge in [-0.2, -0.15) is 16.7 Å². The number of thioether (sulfide) groups is 1. The van der Waals surface area contributed by atoms with E-state index in [1.54, 1.807) is 11.8 Å². The standard InChI is InChI=1S/C19H26N4OS.ClH/c1-13-6-4-5-7-15(13)19-16-10-23(9-14(16)8-22(19)2)11-18-20-17(12-25-3)21-24-18;/h4-7,14,16,19H,8-12H2,1-3H3;1H/t14-,16+,19+;/m0./s1. The number of halogens is 1. The summed E-state index contributed by atoms with van der Waals surface area (Å²) in [4.78, 5) is 9.54. The van der Waals surface area contributed by atoms with Crippen molar-refractivity contribution in [3.05, 3.63) is 47.1 Å². The van der Waals surface area contributed by atoms with E-state index in [1.165, 1.54) is 17.7 Å². The van der Waals surface area contributed by atoms with Crippen molar-refractivity contribution in [2.24, 2.45) is 11.8 Å². The number of hydrogen-bond acceptors (Lipinski definition) is 6. The van der Waals surface area contributed by atoms with Gasteiger partial charge in [0.2, 0.25) is 5.89 Å². The summed E-state index contributed by atoms with van der Waals surface area (Å²) in [5.74, 6) is 3.78. The van der Waals surface area contributed by atoms with Crippen LogP contribution in [-0.2, 0) is 12.3 Å². The first-order valence-electron chi connectivity index (χ1n) is 8.94. The van der Waals surface area contributed by atoms with E-state index < -0.39 is 0 Å². The van der Waals surface area contributed by atoms with Crippen LogP contribution in [0.5, 0.6) is 0 Å². The number of rotatable bonds is 5. The number of aromatic nitrogens is 2. The topological polar surface area (TPSA) is 45.4 Å². The first kappa shape index (κ1) is 19.7. The third-order valence-corrected chi connectivity index (χ3v) is 6.17. The molecule has 3 heterocycles. The molecule has 0 unspecified atom stereocenters. The first-order chi connectivity index (χ1) is 12.2. The summed E-state index contributed by atoms with van der Waals surface area (Å²) in [5.41, 5.74) is 2.89. The van der Waals surface area contributed by atoms with Crippen molar-refractivity contribution < 1.29 is 4.52 Å². The predicted molar refractivity (Wildman–Crippen MR) is 108 cm³/mol. The Bertz CT molecular complexity index is 740. The molecule has 142 valence electrons. The van der Waals surface area contributed by atoms with Crippen LogP contribution in [0.4, 0.5) is 0 Å². The van der Waals surface area contributed by atoms with E-state index in [0.29, 0.717) is 12.0 Å². The van der Waals surface area contributed by atoms with Crippen LogP contribution in [0.15, 0.2) is 28.8 Å². The van der Waals surface area contributed by atoms with Crippen LogP contribution in [-0.4, -0.2) is 52.9 Å². The predicted octanol–water partition coefficient (Wildman–Crippen LogP) is 3.40. The van der Waals surface area contributed by atoms with Gasteiger partial charge >= 0.3 is 0 Å². The zero-order valence-electron chi connectivity index (χ0n) is 15.6. The summed E-state index contributed by atoms with van der Waals surface area (Å²) >= 11 is 1.72. The molecular formula is C19H27ClN4OS. The fraction of sp³-hybridized carbons (Fsp3) is 0.579. The third kappa shape index (κ3) is 3.79. The van der Waals surface area contributed by atoms with E-state index in [4.69, 9.17) is 4.52 Å². The molecule has 0 saturated carbocycles. The Morgan fingerprint density at radius 1 is 1.23 bits per heavy atom. The molecule has 5 nitrogen and oxygen atoms in total. The fourth-order valence-electron chi connectivity index (χ4n) is 4.60. The van der Waals surface area contributed by atoms with Gasteiger partial charge in [-0.05, 0) is 43.2 Å². The fourth-order valence-corrected chi connectivity index (χ4v) is 4.97. The number of nitrogens with zero attached hydrogens (tertiary/aromatic N) is 4. The lowest BCUT2D eigenvalue weighted by Crippen LogP contribution is -2.29. The van der Waals surface area contributed by atoms with Gasteiger partial charge in [0, 0.05) is 25.7 Å². The molecule has 7 heteroatoms. The lowest BCUT2D eigenvalue weighted by atomic mass is 9.88. The highest BCUT2D eigenvalue weighted by atomic mass is 35.5. The van der Waals surface area contributed by atoms with Gasteiger partial charge in [0.25, 0.3) is 0 Å². The van der Waals surface area contributed by atoms with Crippen LogP contribution < -0.4 is 0 Å². The molecular weight excluding hydrogens is 368 g/mol. The summed E-state index contributed by atoms with van der Waals surface area (Å²) in [6, 6.07) is 9.35. The molecule has 1 aromatic heterocycles. The highest BCUT2D eigenvalue weighted by Gasteiger charge is 2.46. The molecule has 1 aromatic carbocycles. The van der Waals surface area contributed by atoms with Crippen molar-refractivity contribution in [3.63, 3.8) is 0 Å². The maximum atomic E-state index is 5.43. The van der Waals surface area contributed by atoms with Gasteiger partial charge in [0.05, 0.1) is 12.3 Å². The Hall–Kier alpha value is -1.08. The van der Waals surface area contributed by atoms with Crippen molar-refractivity contribution in [2.45, 2.75) is 25.3 Å². The summed E-state index contributed by atoms with van der Waals surface area (Å²) in [6.45, 7) is 6.40. The Kier molecular flexibility index (Phi) is 6.28. The Morgan fingerprint density at radius 2 is 2.04 bits per heavy atom. The molecule has 2 aromatic rings. The Balaban J connectivity index is 0.00000196. The van der Waals surface area contributed by atoms with E-state index in [1.807, 2.05) is 0 Å². The molecule has 0 amide bonds. The number of aryl methyl sites for hydroxylation is 1. The van der Waals surface area contributed by atoms with Gasteiger partial charge in [-0.15, -0.1) is 12.4 Å². The second-order valence-corrected chi connectivity index (χ2v) is 8.26. The van der Waals surface area contributed by atoms with Crippen LogP contribution in [0.1, 0.15) is 28.9 Å². The summed E-state index contributed by atoms with van der Waals surface area (Å²) in [6.07, 6.45) is 2.06. The maximum Gasteiger partial charge on any atom is 0.240 e. The van der Waals surface area contributed by atoms with Crippen molar-refractivity contribution in [3.8, 4) is 0 Å². The van der Waals surface area contributed by atoms with Crippen molar-refractivity contribution in [1.82, 2.24) is 19.9 Å². The zero-order valence-corrected chi connectivity index (χ0v) is 17.2. The van der Waals surface area contributed by atoms with Gasteiger partial charge in [-0.3, -0.25) is 9.80 Å². The summed E-state index contributed by atoms with van der Waals surface area (Å²) in [7, 11) is 2.27. The average molecular weight is 395 g/mol. The lowest BCUT2D eigenvalue weighted by molar-refractivity contribution is 0.207. The number of hydrogen-bond donors (Lipinski definition) is 0. The molecule has 0 bridgehead atoms. The minimum Gasteiger partial charge on any atom is -0.338 e. The van der Waals surface area contributed by atoms with E-state index in [2.05, 4.69) is 64.4 Å². The van der Waals surface area contributed by atoms with E-state index in [0.717, 1.165) is 43.0 Å². The first-order valence-corrected chi connectivity index (χ1v) is 10.3. The van der Waals surface area contributed by atoms with E-state index in [9.17, 15) is 0 Å². The summed E-state index contributed by atoms with van der Waals surface area (Å²) in [5, 5.41) is 4.06. The Morgan fingerprint density at radius 3 is 2.81 bits per heavy atom. The van der Waals surface area contributed by atoms with Crippen LogP contribution in [0.3, 0.4) is 0 Å². The summed E-state index contributed by atoms with van der Waals surface area (Å²) < 4.78 is 5.43. The molecule has 26 heavy (non-hydrogen) atoms. The quantitative estimate of drug-likeness (QED) is 0.774. The highest BCUT2D eigenvalue weighted by Crippen LogP contribution is 2.45. The van der Waals surface area contributed by atoms with Gasteiger partial charge in [0.1, 0.15) is 0 Å². The molecule has 0 radical (unpaired) electrons. The molecule has 0 spiro atoms. The number of benzene rings is 1. The Labute approximate surface area is 165 Å². The van der Waals surface area contributed by atoms with Gasteiger partial charge in [-0.1, -0.05) is 29.4 Å². The molecule has 4 rings (SSSR count). The smallest absolute Gasteiger partial charge is 0.240 e. The monoisotopic (exact) mass is 394 g/mol. The van der Waals surface area contributed by atoms with Gasteiger partial charge in [0.15, 0.2) is 5.82 Å².